The van der Waals surface area contributed by atoms with E-state index >= 15 is 0 Å². The molecule has 0 bridgehead atoms. The molecule has 0 spiro atoms. The van der Waals surface area contributed by atoms with Crippen molar-refractivity contribution in [1.29, 1.82) is 0 Å². The van der Waals surface area contributed by atoms with Crippen LogP contribution in [0.5, 0.6) is 5.75 Å². The molecule has 6 rings (SSSR count). The van der Waals surface area contributed by atoms with Crippen LogP contribution in [0, 0.1) is 0 Å². The monoisotopic (exact) mass is 510 g/mol. The van der Waals surface area contributed by atoms with Crippen LogP contribution < -0.4 is 14.7 Å². The van der Waals surface area contributed by atoms with E-state index in [-0.39, 0.29) is 5.91 Å². The molecule has 3 unspecified atom stereocenters. The van der Waals surface area contributed by atoms with Gasteiger partial charge in [-0.15, -0.1) is 0 Å². The second-order valence-corrected chi connectivity index (χ2v) is 9.45. The Morgan fingerprint density at radius 3 is 2.03 bits per heavy atom. The highest BCUT2D eigenvalue weighted by Gasteiger charge is 2.72. The lowest BCUT2D eigenvalue weighted by atomic mass is 9.69. The van der Waals surface area contributed by atoms with Gasteiger partial charge >= 0.3 is 0 Å². The first-order valence-electron chi connectivity index (χ1n) is 11.9. The molecule has 2 fully saturated rings. The number of imide groups is 1. The van der Waals surface area contributed by atoms with Crippen molar-refractivity contribution < 1.29 is 19.2 Å². The molecule has 6 nitrogen and oxygen atoms in total. The molecule has 37 heavy (non-hydrogen) atoms. The summed E-state index contributed by atoms with van der Waals surface area (Å²) < 4.78 is 5.38. The van der Waals surface area contributed by atoms with E-state index in [1.54, 1.807) is 36.4 Å². The van der Waals surface area contributed by atoms with E-state index in [9.17, 15) is 9.59 Å². The molecular weight excluding hydrogens is 488 g/mol. The topological polar surface area (TPSA) is 59.1 Å². The molecule has 2 aliphatic rings. The first kappa shape index (κ1) is 23.3. The standard InChI is InChI=1S/C30H23ClN2O4/c1-36-25-18-12-20(13-19-25)26-30(21-8-4-2-5-9-21)27(37-33(26)24-10-6-3-7-11-24)28(34)32(29(30)35)23-16-14-22(31)15-17-23/h2-19,26-27H,1H3. The summed E-state index contributed by atoms with van der Waals surface area (Å²) in [6.07, 6.45) is -1.08. The number of halogens is 1. The van der Waals surface area contributed by atoms with E-state index in [0.29, 0.717) is 22.0 Å². The Bertz CT molecular complexity index is 1440. The van der Waals surface area contributed by atoms with E-state index < -0.39 is 23.5 Å². The van der Waals surface area contributed by atoms with Crippen LogP contribution in [-0.4, -0.2) is 25.0 Å². The molecule has 0 aromatic heterocycles. The summed E-state index contributed by atoms with van der Waals surface area (Å²) in [6, 6.07) is 32.5. The maximum Gasteiger partial charge on any atom is 0.267 e. The molecule has 184 valence electrons. The Morgan fingerprint density at radius 1 is 0.784 bits per heavy atom. The van der Waals surface area contributed by atoms with E-state index in [1.807, 2.05) is 84.9 Å². The average Bonchev–Trinajstić information content (AvgIpc) is 3.41. The summed E-state index contributed by atoms with van der Waals surface area (Å²) >= 11 is 6.10. The van der Waals surface area contributed by atoms with E-state index in [1.165, 1.54) is 4.90 Å². The number of para-hydroxylation sites is 1. The molecule has 2 heterocycles. The van der Waals surface area contributed by atoms with Crippen LogP contribution in [0.3, 0.4) is 0 Å². The lowest BCUT2D eigenvalue weighted by molar-refractivity contribution is -0.126. The first-order valence-corrected chi connectivity index (χ1v) is 12.3. The average molecular weight is 511 g/mol. The van der Waals surface area contributed by atoms with Gasteiger partial charge in [-0.1, -0.05) is 72.3 Å². The maximum atomic E-state index is 14.6. The minimum atomic E-state index is -1.34. The molecular formula is C30H23ClN2O4. The fraction of sp³-hybridized carbons (Fsp3) is 0.133. The Hall–Kier alpha value is -4.13. The van der Waals surface area contributed by atoms with Gasteiger partial charge in [-0.05, 0) is 59.7 Å². The van der Waals surface area contributed by atoms with Crippen LogP contribution >= 0.6 is 11.6 Å². The number of carbonyl (C=O) groups excluding carboxylic acids is 2. The Balaban J connectivity index is 1.60. The number of carbonyl (C=O) groups is 2. The molecule has 0 radical (unpaired) electrons. The number of anilines is 2. The summed E-state index contributed by atoms with van der Waals surface area (Å²) in [6.45, 7) is 0. The van der Waals surface area contributed by atoms with Crippen molar-refractivity contribution in [3.63, 3.8) is 0 Å². The highest BCUT2D eigenvalue weighted by molar-refractivity contribution is 6.31. The van der Waals surface area contributed by atoms with Crippen LogP contribution in [0.4, 0.5) is 11.4 Å². The number of ether oxygens (including phenoxy) is 1. The fourth-order valence-electron chi connectivity index (χ4n) is 5.41. The number of amides is 2. The van der Waals surface area contributed by atoms with Gasteiger partial charge in [-0.3, -0.25) is 14.4 Å². The molecule has 7 heteroatoms. The number of nitrogens with zero attached hydrogens (tertiary/aromatic N) is 2. The lowest BCUT2D eigenvalue weighted by Crippen LogP contribution is -2.46. The molecule has 4 aromatic carbocycles. The highest BCUT2D eigenvalue weighted by atomic mass is 35.5. The second kappa shape index (κ2) is 9.07. The number of rotatable bonds is 5. The van der Waals surface area contributed by atoms with Crippen molar-refractivity contribution in [2.45, 2.75) is 17.6 Å². The molecule has 2 aliphatic heterocycles. The molecule has 0 aliphatic carbocycles. The van der Waals surface area contributed by atoms with Crippen molar-refractivity contribution in [1.82, 2.24) is 0 Å². The third-order valence-corrected chi connectivity index (χ3v) is 7.33. The van der Waals surface area contributed by atoms with Crippen LogP contribution in [0.2, 0.25) is 5.02 Å². The van der Waals surface area contributed by atoms with Crippen molar-refractivity contribution in [3.8, 4) is 5.75 Å². The number of fused-ring (bicyclic) bond motifs is 1. The number of methoxy groups -OCH3 is 1. The minimum absolute atomic E-state index is 0.352. The molecule has 0 saturated carbocycles. The van der Waals surface area contributed by atoms with Gasteiger partial charge < -0.3 is 4.74 Å². The van der Waals surface area contributed by atoms with Crippen LogP contribution in [0.1, 0.15) is 17.2 Å². The largest absolute Gasteiger partial charge is 0.497 e. The Kier molecular flexibility index (Phi) is 5.71. The zero-order valence-electron chi connectivity index (χ0n) is 20.0. The van der Waals surface area contributed by atoms with Gasteiger partial charge in [0, 0.05) is 5.02 Å². The number of hydroxylamine groups is 1. The normalized spacial score (nSPS) is 22.9. The summed E-state index contributed by atoms with van der Waals surface area (Å²) in [5.74, 6) is -0.0840. The predicted octanol–water partition coefficient (Wildman–Crippen LogP) is 5.72. The molecule has 2 amide bonds. The number of hydrogen-bond donors (Lipinski definition) is 0. The van der Waals surface area contributed by atoms with Crippen LogP contribution in [0.25, 0.3) is 0 Å². The Morgan fingerprint density at radius 2 is 1.41 bits per heavy atom. The van der Waals surface area contributed by atoms with Gasteiger partial charge in [-0.2, -0.15) is 0 Å². The summed E-state index contributed by atoms with van der Waals surface area (Å²) in [4.78, 5) is 36.3. The fourth-order valence-corrected chi connectivity index (χ4v) is 5.53. The molecule has 3 atom stereocenters. The van der Waals surface area contributed by atoms with Gasteiger partial charge in [0.1, 0.15) is 17.2 Å². The van der Waals surface area contributed by atoms with Crippen molar-refractivity contribution in [2.24, 2.45) is 0 Å². The Labute approximate surface area is 219 Å². The van der Waals surface area contributed by atoms with Crippen molar-refractivity contribution in [3.05, 3.63) is 125 Å². The van der Waals surface area contributed by atoms with Crippen molar-refractivity contribution in [2.75, 3.05) is 17.1 Å². The first-order chi connectivity index (χ1) is 18.1. The SMILES string of the molecule is COc1ccc(C2N(c3ccccc3)OC3C(=O)N(c4ccc(Cl)cc4)C(=O)C32c2ccccc2)cc1. The minimum Gasteiger partial charge on any atom is -0.497 e. The van der Waals surface area contributed by atoms with Crippen LogP contribution in [0.15, 0.2) is 109 Å². The summed E-state index contributed by atoms with van der Waals surface area (Å²) in [7, 11) is 1.61. The van der Waals surface area contributed by atoms with Gasteiger partial charge in [0.15, 0.2) is 6.10 Å². The third kappa shape index (κ3) is 3.52. The zero-order valence-corrected chi connectivity index (χ0v) is 20.7. The third-order valence-electron chi connectivity index (χ3n) is 7.08. The predicted molar refractivity (Wildman–Crippen MR) is 142 cm³/mol. The van der Waals surface area contributed by atoms with E-state index in [4.69, 9.17) is 21.2 Å². The van der Waals surface area contributed by atoms with Gasteiger partial charge in [0.05, 0.1) is 18.5 Å². The van der Waals surface area contributed by atoms with Gasteiger partial charge in [0.25, 0.3) is 5.91 Å². The quantitative estimate of drug-likeness (QED) is 0.321. The second-order valence-electron chi connectivity index (χ2n) is 9.01. The van der Waals surface area contributed by atoms with Crippen molar-refractivity contribution >= 4 is 34.8 Å². The molecule has 2 saturated heterocycles. The maximum absolute atomic E-state index is 14.6. The molecule has 4 aromatic rings. The summed E-state index contributed by atoms with van der Waals surface area (Å²) in [5, 5.41) is 2.22. The molecule has 0 N–H and O–H groups in total. The van der Waals surface area contributed by atoms with Gasteiger partial charge in [0.2, 0.25) is 5.91 Å². The number of hydrogen-bond acceptors (Lipinski definition) is 5. The summed E-state index contributed by atoms with van der Waals surface area (Å²) in [5.41, 5.74) is 1.37. The zero-order chi connectivity index (χ0) is 25.6. The number of benzene rings is 4. The van der Waals surface area contributed by atoms with E-state index in [0.717, 1.165) is 11.3 Å². The van der Waals surface area contributed by atoms with E-state index in [2.05, 4.69) is 0 Å². The van der Waals surface area contributed by atoms with Crippen LogP contribution in [-0.2, 0) is 19.8 Å². The van der Waals surface area contributed by atoms with Gasteiger partial charge in [-0.25, -0.2) is 9.96 Å². The lowest BCUT2D eigenvalue weighted by Gasteiger charge is -2.35. The highest BCUT2D eigenvalue weighted by Crippen LogP contribution is 2.57. The smallest absolute Gasteiger partial charge is 0.267 e.